The van der Waals surface area contributed by atoms with E-state index in [9.17, 15) is 9.59 Å². The molecule has 2 aliphatic rings. The molecule has 2 fully saturated rings. The molecule has 0 aromatic heterocycles. The summed E-state index contributed by atoms with van der Waals surface area (Å²) in [5.41, 5.74) is 1.87. The molecule has 3 rings (SSSR count). The van der Waals surface area contributed by atoms with Gasteiger partial charge in [-0.05, 0) is 50.3 Å². The molecule has 0 bridgehead atoms. The molecule has 0 atom stereocenters. The topological polar surface area (TPSA) is 94.6 Å². The lowest BCUT2D eigenvalue weighted by Gasteiger charge is -2.20. The van der Waals surface area contributed by atoms with Gasteiger partial charge in [0.15, 0.2) is 5.96 Å². The van der Waals surface area contributed by atoms with Gasteiger partial charge in [0, 0.05) is 37.2 Å². The highest BCUT2D eigenvalue weighted by Gasteiger charge is 2.29. The van der Waals surface area contributed by atoms with Crippen molar-refractivity contribution in [2.75, 3.05) is 25.0 Å². The van der Waals surface area contributed by atoms with Gasteiger partial charge < -0.3 is 21.3 Å². The van der Waals surface area contributed by atoms with Crippen LogP contribution in [0.3, 0.4) is 0 Å². The van der Waals surface area contributed by atoms with E-state index in [1.807, 2.05) is 31.2 Å². The molecular weight excluding hydrogens is 505 g/mol. The van der Waals surface area contributed by atoms with Gasteiger partial charge in [0.05, 0.1) is 6.54 Å². The van der Waals surface area contributed by atoms with Gasteiger partial charge in [0.25, 0.3) is 0 Å². The zero-order valence-corrected chi connectivity index (χ0v) is 20.7. The second-order valence-corrected chi connectivity index (χ2v) is 8.21. The molecule has 2 amide bonds. The van der Waals surface area contributed by atoms with E-state index in [4.69, 9.17) is 0 Å². The van der Waals surface area contributed by atoms with Gasteiger partial charge in [-0.15, -0.1) is 24.0 Å². The molecule has 1 aromatic rings. The number of halogens is 1. The molecule has 2 saturated carbocycles. The third-order valence-corrected chi connectivity index (χ3v) is 5.60. The summed E-state index contributed by atoms with van der Waals surface area (Å²) in [6.45, 7) is 4.51. The minimum atomic E-state index is 0. The summed E-state index contributed by atoms with van der Waals surface area (Å²) in [6.07, 6.45) is 7.57. The Morgan fingerprint density at radius 2 is 1.65 bits per heavy atom. The molecule has 0 radical (unpaired) electrons. The van der Waals surface area contributed by atoms with Crippen LogP contribution in [0.4, 0.5) is 5.69 Å². The first kappa shape index (κ1) is 25.4. The summed E-state index contributed by atoms with van der Waals surface area (Å²) in [5.74, 6) is 1.39. The highest BCUT2D eigenvalue weighted by Crippen LogP contribution is 2.28. The van der Waals surface area contributed by atoms with Crippen LogP contribution in [-0.2, 0) is 16.1 Å². The van der Waals surface area contributed by atoms with Crippen LogP contribution in [0.2, 0.25) is 0 Å². The van der Waals surface area contributed by atoms with Crippen molar-refractivity contribution < 1.29 is 9.59 Å². The van der Waals surface area contributed by atoms with E-state index in [0.717, 1.165) is 62.3 Å². The SMILES string of the molecule is CCNC(=NCc1cccc(NC(=O)C2CCCCC2)c1)NCCNC(=O)C1CC1.I. The predicted octanol–water partition coefficient (Wildman–Crippen LogP) is 3.40. The Hall–Kier alpha value is -1.84. The number of amides is 2. The van der Waals surface area contributed by atoms with Crippen LogP contribution in [0.5, 0.6) is 0 Å². The minimum Gasteiger partial charge on any atom is -0.357 e. The summed E-state index contributed by atoms with van der Waals surface area (Å²) >= 11 is 0. The summed E-state index contributed by atoms with van der Waals surface area (Å²) < 4.78 is 0. The van der Waals surface area contributed by atoms with Gasteiger partial charge in [-0.25, -0.2) is 4.99 Å². The maximum Gasteiger partial charge on any atom is 0.227 e. The highest BCUT2D eigenvalue weighted by molar-refractivity contribution is 14.0. The van der Waals surface area contributed by atoms with Crippen LogP contribution in [0.15, 0.2) is 29.3 Å². The lowest BCUT2D eigenvalue weighted by atomic mass is 9.88. The number of carbonyl (C=O) groups excluding carboxylic acids is 2. The molecule has 0 unspecified atom stereocenters. The maximum absolute atomic E-state index is 12.5. The fraction of sp³-hybridized carbons (Fsp3) is 0.609. The zero-order chi connectivity index (χ0) is 21.2. The molecule has 0 aliphatic heterocycles. The Balaban J connectivity index is 0.00000341. The number of rotatable bonds is 9. The molecule has 31 heavy (non-hydrogen) atoms. The average molecular weight is 541 g/mol. The van der Waals surface area contributed by atoms with Crippen molar-refractivity contribution in [3.05, 3.63) is 29.8 Å². The number of nitrogens with zero attached hydrogens (tertiary/aromatic N) is 1. The number of guanidine groups is 1. The van der Waals surface area contributed by atoms with Crippen molar-refractivity contribution >= 4 is 47.4 Å². The summed E-state index contributed by atoms with van der Waals surface area (Å²) in [4.78, 5) is 28.8. The van der Waals surface area contributed by atoms with Gasteiger partial charge in [0.2, 0.25) is 11.8 Å². The van der Waals surface area contributed by atoms with Gasteiger partial charge in [-0.1, -0.05) is 31.4 Å². The zero-order valence-electron chi connectivity index (χ0n) is 18.4. The van der Waals surface area contributed by atoms with Gasteiger partial charge in [-0.2, -0.15) is 0 Å². The van der Waals surface area contributed by atoms with Gasteiger partial charge in [0.1, 0.15) is 0 Å². The molecule has 1 aromatic carbocycles. The second-order valence-electron chi connectivity index (χ2n) is 8.21. The molecule has 0 spiro atoms. The van der Waals surface area contributed by atoms with E-state index in [1.165, 1.54) is 6.42 Å². The second kappa shape index (κ2) is 13.5. The van der Waals surface area contributed by atoms with Crippen molar-refractivity contribution in [1.29, 1.82) is 0 Å². The van der Waals surface area contributed by atoms with E-state index in [-0.39, 0.29) is 47.6 Å². The summed E-state index contributed by atoms with van der Waals surface area (Å²) in [5, 5.41) is 12.5. The molecule has 7 nitrogen and oxygen atoms in total. The quantitative estimate of drug-likeness (QED) is 0.167. The number of hydrogen-bond acceptors (Lipinski definition) is 3. The van der Waals surface area contributed by atoms with Crippen molar-refractivity contribution in [3.63, 3.8) is 0 Å². The molecule has 0 saturated heterocycles. The van der Waals surface area contributed by atoms with E-state index in [1.54, 1.807) is 0 Å². The molecular formula is C23H36IN5O2. The van der Waals surface area contributed by atoms with Crippen LogP contribution < -0.4 is 21.3 Å². The number of aliphatic imine (C=N–C) groups is 1. The first-order valence-electron chi connectivity index (χ1n) is 11.4. The Morgan fingerprint density at radius 3 is 2.35 bits per heavy atom. The number of nitrogens with one attached hydrogen (secondary N) is 4. The molecule has 0 heterocycles. The number of carbonyl (C=O) groups is 2. The monoisotopic (exact) mass is 541 g/mol. The minimum absolute atomic E-state index is 0. The lowest BCUT2D eigenvalue weighted by molar-refractivity contribution is -0.122. The Kier molecular flexibility index (Phi) is 11.1. The Bertz CT molecular complexity index is 745. The van der Waals surface area contributed by atoms with Crippen LogP contribution in [0, 0.1) is 11.8 Å². The van der Waals surface area contributed by atoms with Crippen molar-refractivity contribution in [1.82, 2.24) is 16.0 Å². The van der Waals surface area contributed by atoms with Crippen LogP contribution >= 0.6 is 24.0 Å². The van der Waals surface area contributed by atoms with Gasteiger partial charge >= 0.3 is 0 Å². The molecule has 4 N–H and O–H groups in total. The van der Waals surface area contributed by atoms with Crippen LogP contribution in [0.25, 0.3) is 0 Å². The van der Waals surface area contributed by atoms with Crippen LogP contribution in [0.1, 0.15) is 57.4 Å². The van der Waals surface area contributed by atoms with Crippen molar-refractivity contribution in [2.24, 2.45) is 16.8 Å². The van der Waals surface area contributed by atoms with E-state index in [0.29, 0.717) is 19.6 Å². The fourth-order valence-electron chi connectivity index (χ4n) is 3.73. The third-order valence-electron chi connectivity index (χ3n) is 5.60. The molecule has 172 valence electrons. The first-order valence-corrected chi connectivity index (χ1v) is 11.4. The summed E-state index contributed by atoms with van der Waals surface area (Å²) in [6, 6.07) is 7.89. The average Bonchev–Trinajstić information content (AvgIpc) is 3.61. The largest absolute Gasteiger partial charge is 0.357 e. The maximum atomic E-state index is 12.5. The number of benzene rings is 1. The molecule has 8 heteroatoms. The van der Waals surface area contributed by atoms with Crippen LogP contribution in [-0.4, -0.2) is 37.4 Å². The predicted molar refractivity (Wildman–Crippen MR) is 136 cm³/mol. The van der Waals surface area contributed by atoms with E-state index in [2.05, 4.69) is 26.3 Å². The van der Waals surface area contributed by atoms with Gasteiger partial charge in [-0.3, -0.25) is 9.59 Å². The van der Waals surface area contributed by atoms with Crippen molar-refractivity contribution in [3.8, 4) is 0 Å². The smallest absolute Gasteiger partial charge is 0.227 e. The number of hydrogen-bond donors (Lipinski definition) is 4. The van der Waals surface area contributed by atoms with E-state index >= 15 is 0 Å². The van der Waals surface area contributed by atoms with Crippen molar-refractivity contribution in [2.45, 2.75) is 58.4 Å². The Morgan fingerprint density at radius 1 is 0.935 bits per heavy atom. The molecule has 2 aliphatic carbocycles. The normalized spacial score (nSPS) is 16.7. The standard InChI is InChI=1S/C23H35N5O2.HI/c1-2-24-23(26-14-13-25-21(29)19-11-12-19)27-16-17-7-6-10-20(15-17)28-22(30)18-8-4-3-5-9-18;/h6-7,10,15,18-19H,2-5,8-9,11-14,16H2,1H3,(H,25,29)(H,28,30)(H2,24,26,27);1H. The fourth-order valence-corrected chi connectivity index (χ4v) is 3.73. The first-order chi connectivity index (χ1) is 14.7. The number of anilines is 1. The third kappa shape index (κ3) is 9.04. The Labute approximate surface area is 202 Å². The summed E-state index contributed by atoms with van der Waals surface area (Å²) in [7, 11) is 0. The lowest BCUT2D eigenvalue weighted by Crippen LogP contribution is -2.41. The highest BCUT2D eigenvalue weighted by atomic mass is 127. The van der Waals surface area contributed by atoms with E-state index < -0.39 is 0 Å².